The van der Waals surface area contributed by atoms with Crippen molar-refractivity contribution in [1.29, 1.82) is 0 Å². The molecule has 1 aromatic heterocycles. The Kier molecular flexibility index (Phi) is 2.49. The van der Waals surface area contributed by atoms with Gasteiger partial charge in [0.25, 0.3) is 0 Å². The van der Waals surface area contributed by atoms with Crippen LogP contribution >= 0.6 is 0 Å². The molecule has 1 heterocycles. The van der Waals surface area contributed by atoms with Crippen LogP contribution in [0, 0.1) is 5.21 Å². The molecule has 4 nitrogen and oxygen atoms in total. The van der Waals surface area contributed by atoms with Gasteiger partial charge in [-0.2, -0.15) is 4.73 Å². The zero-order valence-corrected chi connectivity index (χ0v) is 8.25. The summed E-state index contributed by atoms with van der Waals surface area (Å²) >= 11 is 0. The summed E-state index contributed by atoms with van der Waals surface area (Å²) in [7, 11) is 1.60. The summed E-state index contributed by atoms with van der Waals surface area (Å²) in [5.74, 6) is 0.764. The quantitative estimate of drug-likeness (QED) is 0.546. The number of hydrogen-bond donors (Lipinski definition) is 0. The Morgan fingerprint density at radius 3 is 2.60 bits per heavy atom. The Balaban J connectivity index is 2.42. The molecule has 0 aliphatic carbocycles. The molecular weight excluding hydrogens is 192 g/mol. The average molecular weight is 202 g/mol. The van der Waals surface area contributed by atoms with Crippen molar-refractivity contribution >= 4 is 0 Å². The van der Waals surface area contributed by atoms with Gasteiger partial charge in [0.2, 0.25) is 5.69 Å². The van der Waals surface area contributed by atoms with Gasteiger partial charge in [-0.1, -0.05) is 0 Å². The first-order valence-electron chi connectivity index (χ1n) is 4.49. The van der Waals surface area contributed by atoms with Gasteiger partial charge in [-0.3, -0.25) is 4.98 Å². The highest BCUT2D eigenvalue weighted by Gasteiger charge is 2.07. The zero-order valence-electron chi connectivity index (χ0n) is 8.25. The van der Waals surface area contributed by atoms with Crippen LogP contribution < -0.4 is 9.47 Å². The lowest BCUT2D eigenvalue weighted by atomic mass is 10.1. The molecule has 0 N–H and O–H groups in total. The number of aromatic nitrogens is 2. The van der Waals surface area contributed by atoms with Crippen LogP contribution in [-0.2, 0) is 0 Å². The first-order valence-corrected chi connectivity index (χ1v) is 4.49. The minimum absolute atomic E-state index is 0.528. The molecule has 1 aromatic carbocycles. The first-order chi connectivity index (χ1) is 7.31. The molecule has 0 spiro atoms. The van der Waals surface area contributed by atoms with Gasteiger partial charge in [0.1, 0.15) is 11.9 Å². The van der Waals surface area contributed by atoms with Gasteiger partial charge in [-0.25, -0.2) is 0 Å². The van der Waals surface area contributed by atoms with E-state index in [0.717, 1.165) is 16.0 Å². The molecule has 0 unspecified atom stereocenters. The number of ether oxygens (including phenoxy) is 1. The predicted molar refractivity (Wildman–Crippen MR) is 55.2 cm³/mol. The van der Waals surface area contributed by atoms with E-state index >= 15 is 0 Å². The molecule has 0 saturated carbocycles. The van der Waals surface area contributed by atoms with Crippen LogP contribution in [0.3, 0.4) is 0 Å². The number of methoxy groups -OCH3 is 1. The fourth-order valence-corrected chi connectivity index (χ4v) is 1.31. The second-order valence-corrected chi connectivity index (χ2v) is 3.02. The van der Waals surface area contributed by atoms with E-state index in [1.54, 1.807) is 7.11 Å². The summed E-state index contributed by atoms with van der Waals surface area (Å²) in [4.78, 5) is 3.91. The molecule has 0 amide bonds. The van der Waals surface area contributed by atoms with Crippen molar-refractivity contribution < 1.29 is 9.47 Å². The molecule has 76 valence electrons. The van der Waals surface area contributed by atoms with Gasteiger partial charge in [-0.15, -0.1) is 0 Å². The lowest BCUT2D eigenvalue weighted by Gasteiger charge is -2.04. The average Bonchev–Trinajstić information content (AvgIpc) is 2.30. The standard InChI is InChI=1S/C11H10N2O2/c1-15-10-4-2-9(3-5-10)11-8-12-6-7-13(11)14/h2-8H,1H3. The smallest absolute Gasteiger partial charge is 0.242 e. The van der Waals surface area contributed by atoms with Gasteiger partial charge in [0.05, 0.1) is 13.3 Å². The maximum absolute atomic E-state index is 11.4. The SMILES string of the molecule is COc1ccc(-c2cncc[n+]2[O-])cc1. The summed E-state index contributed by atoms with van der Waals surface area (Å²) in [6, 6.07) is 7.26. The summed E-state index contributed by atoms with van der Waals surface area (Å²) in [6.07, 6.45) is 4.37. The number of nitrogens with zero attached hydrogens (tertiary/aromatic N) is 2. The molecule has 0 aliphatic heterocycles. The number of hydrogen-bond acceptors (Lipinski definition) is 3. The van der Waals surface area contributed by atoms with Crippen LogP contribution in [0.15, 0.2) is 42.9 Å². The van der Waals surface area contributed by atoms with E-state index in [-0.39, 0.29) is 0 Å². The van der Waals surface area contributed by atoms with Crippen molar-refractivity contribution in [1.82, 2.24) is 4.98 Å². The Bertz CT molecular complexity index is 454. The molecule has 15 heavy (non-hydrogen) atoms. The lowest BCUT2D eigenvalue weighted by Crippen LogP contribution is -2.28. The normalized spacial score (nSPS) is 9.93. The maximum Gasteiger partial charge on any atom is 0.242 e. The third-order valence-corrected chi connectivity index (χ3v) is 2.11. The van der Waals surface area contributed by atoms with E-state index in [0.29, 0.717) is 5.69 Å². The fourth-order valence-electron chi connectivity index (χ4n) is 1.31. The Morgan fingerprint density at radius 1 is 1.27 bits per heavy atom. The van der Waals surface area contributed by atoms with E-state index in [2.05, 4.69) is 4.98 Å². The molecule has 0 aliphatic rings. The summed E-state index contributed by atoms with van der Waals surface area (Å²) in [5.41, 5.74) is 1.35. The van der Waals surface area contributed by atoms with E-state index in [1.165, 1.54) is 18.6 Å². The third kappa shape index (κ3) is 1.88. The van der Waals surface area contributed by atoms with E-state index in [9.17, 15) is 5.21 Å². The van der Waals surface area contributed by atoms with Gasteiger partial charge >= 0.3 is 0 Å². The van der Waals surface area contributed by atoms with Crippen LogP contribution in [0.25, 0.3) is 11.3 Å². The van der Waals surface area contributed by atoms with Crippen LogP contribution in [0.1, 0.15) is 0 Å². The second kappa shape index (κ2) is 3.96. The Morgan fingerprint density at radius 2 is 2.00 bits per heavy atom. The zero-order chi connectivity index (χ0) is 10.7. The molecular formula is C11H10N2O2. The first kappa shape index (κ1) is 9.45. The third-order valence-electron chi connectivity index (χ3n) is 2.11. The van der Waals surface area contributed by atoms with Crippen molar-refractivity contribution in [3.8, 4) is 17.0 Å². The molecule has 0 fully saturated rings. The second-order valence-electron chi connectivity index (χ2n) is 3.02. The van der Waals surface area contributed by atoms with Crippen LogP contribution in [-0.4, -0.2) is 12.1 Å². The molecule has 0 bridgehead atoms. The van der Waals surface area contributed by atoms with Gasteiger partial charge < -0.3 is 9.94 Å². The Labute approximate surface area is 87.4 Å². The van der Waals surface area contributed by atoms with Crippen molar-refractivity contribution in [2.45, 2.75) is 0 Å². The molecule has 0 radical (unpaired) electrons. The van der Waals surface area contributed by atoms with Crippen LogP contribution in [0.5, 0.6) is 5.75 Å². The van der Waals surface area contributed by atoms with Crippen molar-refractivity contribution in [3.63, 3.8) is 0 Å². The monoisotopic (exact) mass is 202 g/mol. The number of benzene rings is 1. The highest BCUT2D eigenvalue weighted by atomic mass is 16.5. The summed E-state index contributed by atoms with van der Waals surface area (Å²) < 4.78 is 5.82. The van der Waals surface area contributed by atoms with Gasteiger partial charge in [0, 0.05) is 5.56 Å². The largest absolute Gasteiger partial charge is 0.618 e. The van der Waals surface area contributed by atoms with Crippen LogP contribution in [0.4, 0.5) is 0 Å². The maximum atomic E-state index is 11.4. The Hall–Kier alpha value is -2.10. The van der Waals surface area contributed by atoms with Crippen LogP contribution in [0.2, 0.25) is 0 Å². The van der Waals surface area contributed by atoms with E-state index in [4.69, 9.17) is 4.74 Å². The lowest BCUT2D eigenvalue weighted by molar-refractivity contribution is -0.594. The van der Waals surface area contributed by atoms with E-state index in [1.807, 2.05) is 24.3 Å². The van der Waals surface area contributed by atoms with Crippen molar-refractivity contribution in [3.05, 3.63) is 48.1 Å². The molecule has 4 heteroatoms. The molecule has 0 saturated heterocycles. The van der Waals surface area contributed by atoms with Crippen molar-refractivity contribution in [2.75, 3.05) is 7.11 Å². The number of rotatable bonds is 2. The highest BCUT2D eigenvalue weighted by Crippen LogP contribution is 2.18. The topological polar surface area (TPSA) is 49.1 Å². The highest BCUT2D eigenvalue weighted by molar-refractivity contribution is 5.56. The summed E-state index contributed by atoms with van der Waals surface area (Å²) in [6.45, 7) is 0. The summed E-state index contributed by atoms with van der Waals surface area (Å²) in [5, 5.41) is 11.4. The van der Waals surface area contributed by atoms with E-state index < -0.39 is 0 Å². The van der Waals surface area contributed by atoms with Gasteiger partial charge in [-0.05, 0) is 24.3 Å². The van der Waals surface area contributed by atoms with Gasteiger partial charge in [0.15, 0.2) is 6.20 Å². The molecule has 0 atom stereocenters. The predicted octanol–water partition coefficient (Wildman–Crippen LogP) is 1.39. The minimum Gasteiger partial charge on any atom is -0.618 e. The fraction of sp³-hybridized carbons (Fsp3) is 0.0909. The molecule has 2 aromatic rings. The van der Waals surface area contributed by atoms with Crippen molar-refractivity contribution in [2.24, 2.45) is 0 Å². The minimum atomic E-state index is 0.528. The molecule has 2 rings (SSSR count).